The number of hydrogen-bond acceptors (Lipinski definition) is 5. The van der Waals surface area contributed by atoms with Gasteiger partial charge in [0.25, 0.3) is 0 Å². The summed E-state index contributed by atoms with van der Waals surface area (Å²) in [6.45, 7) is 3.18. The number of hydrogen-bond donors (Lipinski definition) is 0. The molecule has 1 aromatic heterocycles. The number of amides is 1. The van der Waals surface area contributed by atoms with Crippen LogP contribution in [0.2, 0.25) is 5.02 Å². The summed E-state index contributed by atoms with van der Waals surface area (Å²) in [5, 5.41) is 0.419. The average Bonchev–Trinajstić information content (AvgIpc) is 3.14. The van der Waals surface area contributed by atoms with Crippen molar-refractivity contribution < 1.29 is 27.4 Å². The third-order valence-corrected chi connectivity index (χ3v) is 5.75. The summed E-state index contributed by atoms with van der Waals surface area (Å²) in [7, 11) is 0. The van der Waals surface area contributed by atoms with E-state index in [0.29, 0.717) is 68.2 Å². The van der Waals surface area contributed by atoms with Crippen LogP contribution in [-0.2, 0) is 17.4 Å². The summed E-state index contributed by atoms with van der Waals surface area (Å²) in [4.78, 5) is 20.6. The highest BCUT2D eigenvalue weighted by molar-refractivity contribution is 6.32. The Morgan fingerprint density at radius 2 is 1.88 bits per heavy atom. The zero-order valence-corrected chi connectivity index (χ0v) is 18.1. The molecular weight excluding hydrogens is 447 g/mol. The molecule has 0 atom stereocenters. The fraction of sp³-hybridized carbons (Fsp3) is 0.455. The smallest absolute Gasteiger partial charge is 0.417 e. The topological polar surface area (TPSA) is 54.9 Å². The summed E-state index contributed by atoms with van der Waals surface area (Å²) in [6, 6.07) is 5.92. The van der Waals surface area contributed by atoms with Gasteiger partial charge < -0.3 is 19.3 Å². The van der Waals surface area contributed by atoms with E-state index in [9.17, 15) is 18.0 Å². The molecule has 0 radical (unpaired) electrons. The van der Waals surface area contributed by atoms with Crippen LogP contribution in [0.25, 0.3) is 0 Å². The number of pyridine rings is 1. The van der Waals surface area contributed by atoms with Gasteiger partial charge in [0.2, 0.25) is 5.91 Å². The Labute approximate surface area is 188 Å². The molecule has 0 aliphatic carbocycles. The molecule has 1 saturated heterocycles. The van der Waals surface area contributed by atoms with E-state index in [0.717, 1.165) is 24.2 Å². The van der Waals surface area contributed by atoms with Crippen LogP contribution in [0.3, 0.4) is 0 Å². The van der Waals surface area contributed by atoms with Crippen molar-refractivity contribution in [2.24, 2.45) is 0 Å². The SMILES string of the molecule is O=C(Cc1cc(Cl)c2c(c1)OCCCO2)N1CCCN(c2ccc(C(F)(F)F)cn2)CC1. The Balaban J connectivity index is 1.39. The number of benzene rings is 1. The minimum absolute atomic E-state index is 0.0437. The Bertz CT molecular complexity index is 969. The predicted octanol–water partition coefficient (Wildman–Crippen LogP) is 4.20. The van der Waals surface area contributed by atoms with Gasteiger partial charge in [-0.15, -0.1) is 0 Å². The third kappa shape index (κ3) is 5.20. The van der Waals surface area contributed by atoms with E-state index in [4.69, 9.17) is 21.1 Å². The average molecular weight is 470 g/mol. The number of carbonyl (C=O) groups is 1. The second-order valence-electron chi connectivity index (χ2n) is 7.76. The normalized spacial score (nSPS) is 17.0. The van der Waals surface area contributed by atoms with E-state index >= 15 is 0 Å². The maximum absolute atomic E-state index is 12.9. The van der Waals surface area contributed by atoms with Crippen molar-refractivity contribution in [2.75, 3.05) is 44.3 Å². The van der Waals surface area contributed by atoms with Gasteiger partial charge in [0, 0.05) is 38.8 Å². The first-order valence-electron chi connectivity index (χ1n) is 10.5. The molecule has 1 aromatic carbocycles. The van der Waals surface area contributed by atoms with Crippen molar-refractivity contribution in [3.63, 3.8) is 0 Å². The summed E-state index contributed by atoms with van der Waals surface area (Å²) in [6.07, 6.45) is -1.94. The van der Waals surface area contributed by atoms with Crippen LogP contribution in [0.4, 0.5) is 19.0 Å². The van der Waals surface area contributed by atoms with Gasteiger partial charge in [-0.25, -0.2) is 4.98 Å². The van der Waals surface area contributed by atoms with Crippen LogP contribution in [0, 0.1) is 0 Å². The molecule has 6 nitrogen and oxygen atoms in total. The molecule has 0 bridgehead atoms. The highest BCUT2D eigenvalue weighted by Gasteiger charge is 2.31. The maximum Gasteiger partial charge on any atom is 0.417 e. The highest BCUT2D eigenvalue weighted by Crippen LogP contribution is 2.38. The second kappa shape index (κ2) is 9.44. The minimum Gasteiger partial charge on any atom is -0.489 e. The predicted molar refractivity (Wildman–Crippen MR) is 113 cm³/mol. The zero-order valence-electron chi connectivity index (χ0n) is 17.3. The zero-order chi connectivity index (χ0) is 22.7. The van der Waals surface area contributed by atoms with Gasteiger partial charge in [0.1, 0.15) is 5.82 Å². The molecule has 1 fully saturated rings. The molecule has 3 heterocycles. The van der Waals surface area contributed by atoms with Crippen molar-refractivity contribution in [2.45, 2.75) is 25.4 Å². The first-order chi connectivity index (χ1) is 15.3. The molecule has 172 valence electrons. The molecule has 0 N–H and O–H groups in total. The van der Waals surface area contributed by atoms with Crippen molar-refractivity contribution in [3.05, 3.63) is 46.6 Å². The number of alkyl halides is 3. The van der Waals surface area contributed by atoms with Gasteiger partial charge in [-0.1, -0.05) is 11.6 Å². The van der Waals surface area contributed by atoms with E-state index in [1.807, 2.05) is 4.90 Å². The number of carbonyl (C=O) groups excluding carboxylic acids is 1. The van der Waals surface area contributed by atoms with Crippen molar-refractivity contribution in [1.82, 2.24) is 9.88 Å². The molecule has 2 aliphatic heterocycles. The molecule has 0 saturated carbocycles. The number of ether oxygens (including phenoxy) is 2. The molecule has 32 heavy (non-hydrogen) atoms. The van der Waals surface area contributed by atoms with E-state index in [2.05, 4.69) is 4.98 Å². The summed E-state index contributed by atoms with van der Waals surface area (Å²) in [5.74, 6) is 1.49. The van der Waals surface area contributed by atoms with Crippen LogP contribution < -0.4 is 14.4 Å². The van der Waals surface area contributed by atoms with E-state index in [-0.39, 0.29) is 12.3 Å². The second-order valence-corrected chi connectivity index (χ2v) is 8.16. The largest absolute Gasteiger partial charge is 0.489 e. The van der Waals surface area contributed by atoms with E-state index in [1.165, 1.54) is 6.07 Å². The summed E-state index contributed by atoms with van der Waals surface area (Å²) in [5.41, 5.74) is -0.0311. The Morgan fingerprint density at radius 3 is 2.62 bits per heavy atom. The fourth-order valence-corrected chi connectivity index (χ4v) is 4.10. The van der Waals surface area contributed by atoms with E-state index < -0.39 is 11.7 Å². The lowest BCUT2D eigenvalue weighted by Gasteiger charge is -2.23. The lowest BCUT2D eigenvalue weighted by atomic mass is 10.1. The molecule has 0 spiro atoms. The quantitative estimate of drug-likeness (QED) is 0.674. The molecule has 2 aliphatic rings. The third-order valence-electron chi connectivity index (χ3n) is 5.47. The van der Waals surface area contributed by atoms with Crippen LogP contribution in [0.1, 0.15) is 24.0 Å². The molecular formula is C22H23ClF3N3O3. The molecule has 2 aromatic rings. The molecule has 1 amide bonds. The fourth-order valence-electron chi connectivity index (χ4n) is 3.81. The van der Waals surface area contributed by atoms with Gasteiger partial charge in [-0.05, 0) is 36.2 Å². The number of rotatable bonds is 3. The van der Waals surface area contributed by atoms with Gasteiger partial charge in [0.05, 0.1) is 30.2 Å². The lowest BCUT2D eigenvalue weighted by Crippen LogP contribution is -2.36. The van der Waals surface area contributed by atoms with Crippen LogP contribution >= 0.6 is 11.6 Å². The molecule has 0 unspecified atom stereocenters. The first kappa shape index (κ1) is 22.5. The van der Waals surface area contributed by atoms with Crippen molar-refractivity contribution in [1.29, 1.82) is 0 Å². The standard InChI is InChI=1S/C22H23ClF3N3O3/c23-17-11-15(12-18-21(17)32-10-2-9-31-18)13-20(30)29-6-1-5-28(7-8-29)19-4-3-16(14-27-19)22(24,25)26/h3-4,11-12,14H,1-2,5-10,13H2. The van der Waals surface area contributed by atoms with E-state index in [1.54, 1.807) is 17.0 Å². The van der Waals surface area contributed by atoms with Crippen molar-refractivity contribution >= 4 is 23.3 Å². The van der Waals surface area contributed by atoms with Gasteiger partial charge >= 0.3 is 6.18 Å². The number of anilines is 1. The molecule has 4 rings (SSSR count). The minimum atomic E-state index is -4.41. The summed E-state index contributed by atoms with van der Waals surface area (Å²) < 4.78 is 49.6. The molecule has 10 heteroatoms. The van der Waals surface area contributed by atoms with Crippen LogP contribution in [0.5, 0.6) is 11.5 Å². The summed E-state index contributed by atoms with van der Waals surface area (Å²) >= 11 is 6.33. The Hall–Kier alpha value is -2.68. The van der Waals surface area contributed by atoms with Gasteiger partial charge in [-0.3, -0.25) is 4.79 Å². The van der Waals surface area contributed by atoms with Gasteiger partial charge in [0.15, 0.2) is 11.5 Å². The van der Waals surface area contributed by atoms with Gasteiger partial charge in [-0.2, -0.15) is 13.2 Å². The Morgan fingerprint density at radius 1 is 1.06 bits per heavy atom. The lowest BCUT2D eigenvalue weighted by molar-refractivity contribution is -0.137. The van der Waals surface area contributed by atoms with Crippen molar-refractivity contribution in [3.8, 4) is 11.5 Å². The van der Waals surface area contributed by atoms with Crippen LogP contribution in [-0.4, -0.2) is 55.2 Å². The highest BCUT2D eigenvalue weighted by atomic mass is 35.5. The Kier molecular flexibility index (Phi) is 6.64. The first-order valence-corrected chi connectivity index (χ1v) is 10.8. The van der Waals surface area contributed by atoms with Crippen LogP contribution in [0.15, 0.2) is 30.5 Å². The number of nitrogens with zero attached hydrogens (tertiary/aromatic N) is 3. The monoisotopic (exact) mass is 469 g/mol. The number of halogens is 4. The number of fused-ring (bicyclic) bond motifs is 1. The maximum atomic E-state index is 12.9. The number of aromatic nitrogens is 1.